The lowest BCUT2D eigenvalue weighted by molar-refractivity contribution is 0.344. The van der Waals surface area contributed by atoms with Gasteiger partial charge in [0, 0.05) is 11.4 Å². The van der Waals surface area contributed by atoms with E-state index in [1.54, 1.807) is 0 Å². The predicted molar refractivity (Wildman–Crippen MR) is 85.1 cm³/mol. The van der Waals surface area contributed by atoms with Crippen LogP contribution in [0.25, 0.3) is 10.8 Å². The van der Waals surface area contributed by atoms with Gasteiger partial charge in [-0.25, -0.2) is 0 Å². The van der Waals surface area contributed by atoms with Crippen LogP contribution in [0.2, 0.25) is 0 Å². The lowest BCUT2D eigenvalue weighted by Gasteiger charge is -2.16. The van der Waals surface area contributed by atoms with E-state index in [0.29, 0.717) is 0 Å². The zero-order valence-corrected chi connectivity index (χ0v) is 12.4. The van der Waals surface area contributed by atoms with Gasteiger partial charge in [-0.15, -0.1) is 11.8 Å². The fraction of sp³-hybridized carbons (Fsp3) is 0.412. The number of nitrogens with zero attached hydrogens (tertiary/aromatic N) is 1. The minimum Gasteiger partial charge on any atom is -0.303 e. The summed E-state index contributed by atoms with van der Waals surface area (Å²) in [5.41, 5.74) is 1.51. The van der Waals surface area contributed by atoms with E-state index in [4.69, 9.17) is 0 Å². The lowest BCUT2D eigenvalue weighted by atomic mass is 10.0. The quantitative estimate of drug-likeness (QED) is 0.767. The summed E-state index contributed by atoms with van der Waals surface area (Å²) in [5.74, 6) is 0. The summed E-state index contributed by atoms with van der Waals surface area (Å²) in [4.78, 5) is 4.01. The zero-order valence-electron chi connectivity index (χ0n) is 11.6. The molecule has 0 amide bonds. The van der Waals surface area contributed by atoms with Crippen molar-refractivity contribution in [1.29, 1.82) is 0 Å². The number of thioether (sulfide) groups is 1. The maximum absolute atomic E-state index is 2.60. The van der Waals surface area contributed by atoms with Gasteiger partial charge in [0.05, 0.1) is 0 Å². The molecule has 100 valence electrons. The summed E-state index contributed by atoms with van der Waals surface area (Å²) in [5, 5.41) is 2.85. The van der Waals surface area contributed by atoms with Gasteiger partial charge in [0.25, 0.3) is 0 Å². The van der Waals surface area contributed by atoms with Crippen molar-refractivity contribution in [2.24, 2.45) is 0 Å². The fourth-order valence-electron chi connectivity index (χ4n) is 3.05. The molecule has 0 aliphatic carbocycles. The summed E-state index contributed by atoms with van der Waals surface area (Å²) in [6, 6.07) is 13.4. The zero-order chi connectivity index (χ0) is 13.1. The lowest BCUT2D eigenvalue weighted by Crippen LogP contribution is -2.22. The first-order chi connectivity index (χ1) is 9.38. The smallest absolute Gasteiger partial charge is 0.0150 e. The number of hydrogen-bond acceptors (Lipinski definition) is 2. The Kier molecular flexibility index (Phi) is 4.09. The third kappa shape index (κ3) is 2.80. The Bertz CT molecular complexity index is 553. The molecule has 1 fully saturated rings. The van der Waals surface area contributed by atoms with Crippen molar-refractivity contribution in [2.75, 3.05) is 25.9 Å². The van der Waals surface area contributed by atoms with Crippen molar-refractivity contribution in [3.05, 3.63) is 42.0 Å². The summed E-state index contributed by atoms with van der Waals surface area (Å²) >= 11 is 1.86. The van der Waals surface area contributed by atoms with Crippen LogP contribution in [0.5, 0.6) is 0 Å². The molecule has 0 N–H and O–H groups in total. The predicted octanol–water partition coefficient (Wildman–Crippen LogP) is 4.20. The van der Waals surface area contributed by atoms with Crippen LogP contribution >= 0.6 is 11.8 Å². The highest BCUT2D eigenvalue weighted by molar-refractivity contribution is 7.98. The summed E-state index contributed by atoms with van der Waals surface area (Å²) < 4.78 is 0. The average molecular weight is 271 g/mol. The molecular weight excluding hydrogens is 250 g/mol. The molecule has 1 heterocycles. The van der Waals surface area contributed by atoms with Gasteiger partial charge in [-0.05, 0) is 61.0 Å². The van der Waals surface area contributed by atoms with Gasteiger partial charge in [-0.2, -0.15) is 0 Å². The Morgan fingerprint density at radius 1 is 1.05 bits per heavy atom. The van der Waals surface area contributed by atoms with Crippen LogP contribution in [0.15, 0.2) is 41.3 Å². The van der Waals surface area contributed by atoms with Gasteiger partial charge in [0.2, 0.25) is 0 Å². The molecule has 0 atom stereocenters. The second-order valence-electron chi connectivity index (χ2n) is 5.27. The Labute approximate surface area is 120 Å². The standard InChI is InChI=1S/C17H21NS/c1-19-16-9-5-8-14-6-4-7-15(17(14)16)10-13-18-11-2-3-12-18/h4-9H,2-3,10-13H2,1H3. The summed E-state index contributed by atoms with van der Waals surface area (Å²) in [7, 11) is 0. The minimum atomic E-state index is 1.18. The number of fused-ring (bicyclic) bond motifs is 1. The molecule has 2 heteroatoms. The van der Waals surface area contributed by atoms with Crippen LogP contribution in [0.1, 0.15) is 18.4 Å². The van der Waals surface area contributed by atoms with Gasteiger partial charge in [0.1, 0.15) is 0 Å². The Morgan fingerprint density at radius 3 is 2.53 bits per heavy atom. The average Bonchev–Trinajstić information content (AvgIpc) is 2.97. The van der Waals surface area contributed by atoms with Crippen molar-refractivity contribution in [3.8, 4) is 0 Å². The maximum Gasteiger partial charge on any atom is 0.0150 e. The molecule has 0 spiro atoms. The van der Waals surface area contributed by atoms with Crippen molar-refractivity contribution in [1.82, 2.24) is 4.90 Å². The molecule has 1 aliphatic rings. The summed E-state index contributed by atoms with van der Waals surface area (Å²) in [6.45, 7) is 3.79. The van der Waals surface area contributed by atoms with Gasteiger partial charge < -0.3 is 4.90 Å². The van der Waals surface area contributed by atoms with Crippen LogP contribution < -0.4 is 0 Å². The number of likely N-dealkylation sites (tertiary alicyclic amines) is 1. The van der Waals surface area contributed by atoms with Crippen molar-refractivity contribution in [3.63, 3.8) is 0 Å². The number of hydrogen-bond donors (Lipinski definition) is 0. The Hall–Kier alpha value is -0.990. The van der Waals surface area contributed by atoms with E-state index in [2.05, 4.69) is 47.6 Å². The highest BCUT2D eigenvalue weighted by Gasteiger charge is 2.12. The SMILES string of the molecule is CSc1cccc2cccc(CCN3CCCC3)c12. The molecule has 2 aromatic carbocycles. The molecule has 0 saturated carbocycles. The molecule has 1 aliphatic heterocycles. The van der Waals surface area contributed by atoms with E-state index in [-0.39, 0.29) is 0 Å². The van der Waals surface area contributed by atoms with Crippen LogP contribution in [-0.4, -0.2) is 30.8 Å². The van der Waals surface area contributed by atoms with Crippen molar-refractivity contribution in [2.45, 2.75) is 24.2 Å². The van der Waals surface area contributed by atoms with E-state index >= 15 is 0 Å². The molecular formula is C17H21NS. The maximum atomic E-state index is 2.60. The highest BCUT2D eigenvalue weighted by Crippen LogP contribution is 2.29. The summed E-state index contributed by atoms with van der Waals surface area (Å²) in [6.07, 6.45) is 6.11. The van der Waals surface area contributed by atoms with E-state index in [0.717, 1.165) is 0 Å². The van der Waals surface area contributed by atoms with Crippen molar-refractivity contribution >= 4 is 22.5 Å². The van der Waals surface area contributed by atoms with Gasteiger partial charge in [-0.3, -0.25) is 0 Å². The molecule has 3 rings (SSSR count). The normalized spacial score (nSPS) is 16.3. The molecule has 1 nitrogen and oxygen atoms in total. The third-order valence-corrected chi connectivity index (χ3v) is 4.85. The molecule has 0 bridgehead atoms. The van der Waals surface area contributed by atoms with Gasteiger partial charge >= 0.3 is 0 Å². The van der Waals surface area contributed by atoms with Gasteiger partial charge in [0.15, 0.2) is 0 Å². The van der Waals surface area contributed by atoms with Crippen molar-refractivity contribution < 1.29 is 0 Å². The number of rotatable bonds is 4. The molecule has 0 unspecified atom stereocenters. The van der Waals surface area contributed by atoms with Crippen LogP contribution in [0.3, 0.4) is 0 Å². The van der Waals surface area contributed by atoms with Crippen LogP contribution in [-0.2, 0) is 6.42 Å². The van der Waals surface area contributed by atoms with Crippen LogP contribution in [0, 0.1) is 0 Å². The van der Waals surface area contributed by atoms with E-state index in [1.807, 2.05) is 11.8 Å². The molecule has 1 saturated heterocycles. The highest BCUT2D eigenvalue weighted by atomic mass is 32.2. The van der Waals surface area contributed by atoms with Gasteiger partial charge in [-0.1, -0.05) is 30.3 Å². The second kappa shape index (κ2) is 5.98. The first kappa shape index (κ1) is 13.0. The van der Waals surface area contributed by atoms with Crippen LogP contribution in [0.4, 0.5) is 0 Å². The monoisotopic (exact) mass is 271 g/mol. The number of benzene rings is 2. The minimum absolute atomic E-state index is 1.18. The first-order valence-corrected chi connectivity index (χ1v) is 8.38. The first-order valence-electron chi connectivity index (χ1n) is 7.15. The van der Waals surface area contributed by atoms with E-state index in [1.165, 1.54) is 60.1 Å². The molecule has 2 aromatic rings. The second-order valence-corrected chi connectivity index (χ2v) is 6.12. The topological polar surface area (TPSA) is 3.24 Å². The molecule has 0 radical (unpaired) electrons. The largest absolute Gasteiger partial charge is 0.303 e. The third-order valence-electron chi connectivity index (χ3n) is 4.07. The Balaban J connectivity index is 1.89. The van der Waals surface area contributed by atoms with E-state index in [9.17, 15) is 0 Å². The molecule has 19 heavy (non-hydrogen) atoms. The fourth-order valence-corrected chi connectivity index (χ4v) is 3.71. The van der Waals surface area contributed by atoms with E-state index < -0.39 is 0 Å². The Morgan fingerprint density at radius 2 is 1.79 bits per heavy atom. The molecule has 0 aromatic heterocycles.